The number of carbonyl (C=O) groups excluding carboxylic acids is 1. The van der Waals surface area contributed by atoms with Crippen molar-refractivity contribution in [3.63, 3.8) is 0 Å². The summed E-state index contributed by atoms with van der Waals surface area (Å²) >= 11 is 0. The average molecular weight is 438 g/mol. The van der Waals surface area contributed by atoms with Crippen molar-refractivity contribution in [3.05, 3.63) is 42.0 Å². The smallest absolute Gasteiger partial charge is 0.238 e. The zero-order valence-electron chi connectivity index (χ0n) is 18.0. The Labute approximate surface area is 186 Å². The van der Waals surface area contributed by atoms with E-state index in [0.29, 0.717) is 23.6 Å². The minimum atomic E-state index is -0.764. The largest absolute Gasteiger partial charge is 0.381 e. The zero-order chi connectivity index (χ0) is 22.1. The first-order valence-electron chi connectivity index (χ1n) is 11.5. The van der Waals surface area contributed by atoms with E-state index in [1.807, 2.05) is 16.9 Å². The van der Waals surface area contributed by atoms with Gasteiger partial charge in [0.1, 0.15) is 11.9 Å². The van der Waals surface area contributed by atoms with Crippen LogP contribution in [0.1, 0.15) is 43.7 Å². The van der Waals surface area contributed by atoms with Crippen LogP contribution < -0.4 is 10.6 Å². The number of piperidine rings is 1. The lowest BCUT2D eigenvalue weighted by Gasteiger charge is -2.23. The Morgan fingerprint density at radius 1 is 1.31 bits per heavy atom. The maximum absolute atomic E-state index is 14.9. The number of amides is 1. The predicted molar refractivity (Wildman–Crippen MR) is 116 cm³/mol. The molecule has 1 amide bonds. The van der Waals surface area contributed by atoms with Crippen LogP contribution in [-0.2, 0) is 16.0 Å². The van der Waals surface area contributed by atoms with E-state index in [1.165, 1.54) is 6.07 Å². The zero-order valence-corrected chi connectivity index (χ0v) is 18.0. The Morgan fingerprint density at radius 3 is 2.84 bits per heavy atom. The Morgan fingerprint density at radius 2 is 2.16 bits per heavy atom. The molecule has 8 heteroatoms. The van der Waals surface area contributed by atoms with Crippen molar-refractivity contribution in [1.82, 2.24) is 20.4 Å². The minimum Gasteiger partial charge on any atom is -0.381 e. The lowest BCUT2D eigenvalue weighted by Crippen LogP contribution is -2.50. The number of nitrogens with one attached hydrogen (secondary N) is 2. The highest BCUT2D eigenvalue weighted by Gasteiger charge is 2.43. The first-order chi connectivity index (χ1) is 15.6. The summed E-state index contributed by atoms with van der Waals surface area (Å²) in [6.45, 7) is 1.47. The summed E-state index contributed by atoms with van der Waals surface area (Å²) in [4.78, 5) is 12.6. The van der Waals surface area contributed by atoms with Gasteiger partial charge in [-0.1, -0.05) is 12.1 Å². The van der Waals surface area contributed by atoms with Crippen molar-refractivity contribution in [1.29, 1.82) is 5.26 Å². The van der Waals surface area contributed by atoms with Gasteiger partial charge >= 0.3 is 0 Å². The number of hydrogen-bond acceptors (Lipinski definition) is 5. The fourth-order valence-corrected chi connectivity index (χ4v) is 5.29. The third-order valence-corrected chi connectivity index (χ3v) is 7.09. The van der Waals surface area contributed by atoms with Crippen LogP contribution >= 0.6 is 0 Å². The van der Waals surface area contributed by atoms with Crippen molar-refractivity contribution < 1.29 is 13.9 Å². The highest BCUT2D eigenvalue weighted by atomic mass is 19.1. The summed E-state index contributed by atoms with van der Waals surface area (Å²) in [6.07, 6.45) is 8.87. The highest BCUT2D eigenvalue weighted by molar-refractivity contribution is 5.83. The van der Waals surface area contributed by atoms with Crippen LogP contribution in [0.3, 0.4) is 0 Å². The van der Waals surface area contributed by atoms with Gasteiger partial charge in [0.2, 0.25) is 5.91 Å². The van der Waals surface area contributed by atoms with E-state index >= 15 is 0 Å². The molecule has 168 valence electrons. The summed E-state index contributed by atoms with van der Waals surface area (Å²) in [7, 11) is 0. The highest BCUT2D eigenvalue weighted by Crippen LogP contribution is 2.35. The summed E-state index contributed by atoms with van der Waals surface area (Å²) in [5, 5.41) is 20.1. The van der Waals surface area contributed by atoms with Crippen LogP contribution in [0.2, 0.25) is 0 Å². The Bertz CT molecular complexity index is 1030. The predicted octanol–water partition coefficient (Wildman–Crippen LogP) is 2.73. The molecule has 7 nitrogen and oxygen atoms in total. The normalized spacial score (nSPS) is 26.1. The monoisotopic (exact) mass is 437 g/mol. The molecule has 1 unspecified atom stereocenters. The Balaban J connectivity index is 1.23. The fourth-order valence-electron chi connectivity index (χ4n) is 5.29. The summed E-state index contributed by atoms with van der Waals surface area (Å²) in [5.41, 5.74) is 2.01. The van der Waals surface area contributed by atoms with Crippen molar-refractivity contribution in [2.24, 2.45) is 5.92 Å². The quantitative estimate of drug-likeness (QED) is 0.725. The molecule has 3 aliphatic rings. The molecule has 1 aliphatic carbocycles. The first kappa shape index (κ1) is 21.1. The molecule has 4 atom stereocenters. The number of carbonyl (C=O) groups is 1. The van der Waals surface area contributed by atoms with Gasteiger partial charge in [0.05, 0.1) is 24.3 Å². The van der Waals surface area contributed by atoms with Crippen LogP contribution in [0.15, 0.2) is 30.6 Å². The molecule has 2 saturated heterocycles. The fraction of sp³-hybridized carbons (Fsp3) is 0.542. The van der Waals surface area contributed by atoms with E-state index < -0.39 is 6.04 Å². The maximum atomic E-state index is 14.9. The molecule has 3 fully saturated rings. The maximum Gasteiger partial charge on any atom is 0.238 e. The number of rotatable bonds is 6. The second kappa shape index (κ2) is 9.00. The molecule has 2 aliphatic heterocycles. The van der Waals surface area contributed by atoms with Crippen molar-refractivity contribution in [2.75, 3.05) is 13.2 Å². The molecule has 5 rings (SSSR count). The molecule has 32 heavy (non-hydrogen) atoms. The van der Waals surface area contributed by atoms with E-state index in [9.17, 15) is 14.4 Å². The number of hydrogen-bond donors (Lipinski definition) is 2. The van der Waals surface area contributed by atoms with Crippen molar-refractivity contribution in [3.8, 4) is 17.2 Å². The lowest BCUT2D eigenvalue weighted by atomic mass is 9.98. The molecule has 2 N–H and O–H groups in total. The van der Waals surface area contributed by atoms with E-state index in [1.54, 1.807) is 12.3 Å². The molecule has 0 radical (unpaired) electrons. The van der Waals surface area contributed by atoms with Gasteiger partial charge in [-0.05, 0) is 55.2 Å². The molecule has 1 aromatic carbocycles. The first-order valence-corrected chi connectivity index (χ1v) is 11.5. The van der Waals surface area contributed by atoms with Gasteiger partial charge in [0.25, 0.3) is 0 Å². The van der Waals surface area contributed by atoms with Gasteiger partial charge in [0, 0.05) is 37.4 Å². The number of nitriles is 1. The lowest BCUT2D eigenvalue weighted by molar-refractivity contribution is -0.124. The van der Waals surface area contributed by atoms with Crippen LogP contribution in [0, 0.1) is 23.1 Å². The van der Waals surface area contributed by atoms with Crippen LogP contribution in [-0.4, -0.2) is 47.0 Å². The third-order valence-electron chi connectivity index (χ3n) is 7.09. The number of halogens is 1. The van der Waals surface area contributed by atoms with Crippen LogP contribution in [0.4, 0.5) is 4.39 Å². The molecular weight excluding hydrogens is 409 g/mol. The van der Waals surface area contributed by atoms with Crippen LogP contribution in [0.25, 0.3) is 11.1 Å². The number of aromatic nitrogens is 2. The molecule has 2 bridgehead atoms. The van der Waals surface area contributed by atoms with Gasteiger partial charge < -0.3 is 15.4 Å². The number of fused-ring (bicyclic) bond motifs is 2. The molecule has 1 saturated carbocycles. The summed E-state index contributed by atoms with van der Waals surface area (Å²) in [6, 6.07) is 6.86. The van der Waals surface area contributed by atoms with Gasteiger partial charge in [-0.15, -0.1) is 0 Å². The summed E-state index contributed by atoms with van der Waals surface area (Å²) in [5.74, 6) is -0.187. The number of nitrogens with zero attached hydrogens (tertiary/aromatic N) is 3. The van der Waals surface area contributed by atoms with Gasteiger partial charge in [0.15, 0.2) is 0 Å². The topological polar surface area (TPSA) is 92.0 Å². The Hall–Kier alpha value is -2.76. The van der Waals surface area contributed by atoms with E-state index in [-0.39, 0.29) is 24.2 Å². The average Bonchev–Trinajstić information content (AvgIpc) is 3.57. The molecule has 1 aromatic heterocycles. The molecule has 2 aromatic rings. The SMILES string of the molecule is N#CC(Cc1ccc(-c2cnn(C3CCOCC3)c2)cc1F)NC(=O)[C@H]1N[C@@H]2CC[C@H]1C2. The van der Waals surface area contributed by atoms with Crippen LogP contribution in [0.5, 0.6) is 0 Å². The van der Waals surface area contributed by atoms with Gasteiger partial charge in [-0.2, -0.15) is 10.4 Å². The molecular formula is C24H28FN5O2. The third kappa shape index (κ3) is 4.27. The van der Waals surface area contributed by atoms with E-state index in [0.717, 1.165) is 56.4 Å². The van der Waals surface area contributed by atoms with Gasteiger partial charge in [-0.25, -0.2) is 4.39 Å². The van der Waals surface area contributed by atoms with Gasteiger partial charge in [-0.3, -0.25) is 9.48 Å². The Kier molecular flexibility index (Phi) is 5.94. The summed E-state index contributed by atoms with van der Waals surface area (Å²) < 4.78 is 22.2. The number of benzene rings is 1. The van der Waals surface area contributed by atoms with E-state index in [4.69, 9.17) is 4.74 Å². The molecule has 0 spiro atoms. The van der Waals surface area contributed by atoms with Crippen molar-refractivity contribution >= 4 is 5.91 Å². The standard InChI is InChI=1S/C24H28FN5O2/c25-22-11-15(18-13-27-30(14-18)21-5-7-32-8-6-21)1-2-16(22)9-20(12-26)29-24(31)23-17-3-4-19(10-17)28-23/h1-2,11,13-14,17,19-21,23,28H,3-10H2,(H,29,31)/t17-,19+,20?,23-/m0/s1. The second-order valence-corrected chi connectivity index (χ2v) is 9.17. The van der Waals surface area contributed by atoms with Crippen molar-refractivity contribution in [2.45, 2.75) is 62.7 Å². The molecule has 3 heterocycles. The van der Waals surface area contributed by atoms with E-state index in [2.05, 4.69) is 21.8 Å². The second-order valence-electron chi connectivity index (χ2n) is 9.17. The minimum absolute atomic E-state index is 0.135. The number of ether oxygens (including phenoxy) is 1.